The van der Waals surface area contributed by atoms with Gasteiger partial charge < -0.3 is 18.9 Å². The first-order valence-corrected chi connectivity index (χ1v) is 6.39. The molecule has 0 aromatic carbocycles. The average molecular weight is 234 g/mol. The third kappa shape index (κ3) is 3.25. The van der Waals surface area contributed by atoms with Crippen molar-refractivity contribution in [2.75, 3.05) is 27.9 Å². The van der Waals surface area contributed by atoms with Crippen molar-refractivity contribution in [3.8, 4) is 0 Å². The van der Waals surface area contributed by atoms with Crippen LogP contribution in [0.2, 0.25) is 0 Å². The van der Waals surface area contributed by atoms with Gasteiger partial charge in [0.2, 0.25) is 0 Å². The molecule has 1 saturated heterocycles. The molecule has 0 spiro atoms. The minimum atomic E-state index is -0.945. The number of rotatable bonds is 5. The fourth-order valence-corrected chi connectivity index (χ4v) is 3.05. The second-order valence-corrected chi connectivity index (χ2v) is 6.05. The standard InChI is InChI=1S/C10H22O4Si/c1-11-10(12-2,13-3)8-9(15)6-4-5-7-14-9/h4-8H2,1-3,15H3. The van der Waals surface area contributed by atoms with Gasteiger partial charge in [-0.25, -0.2) is 0 Å². The van der Waals surface area contributed by atoms with Gasteiger partial charge in [-0.2, -0.15) is 0 Å². The summed E-state index contributed by atoms with van der Waals surface area (Å²) in [7, 11) is 5.76. The van der Waals surface area contributed by atoms with Crippen molar-refractivity contribution < 1.29 is 18.9 Å². The Hall–Kier alpha value is 0.0569. The van der Waals surface area contributed by atoms with Crippen molar-refractivity contribution in [1.29, 1.82) is 0 Å². The van der Waals surface area contributed by atoms with E-state index in [-0.39, 0.29) is 5.22 Å². The van der Waals surface area contributed by atoms with Gasteiger partial charge in [0.25, 0.3) is 5.97 Å². The SMILES string of the molecule is COC(CC1([SiH3])CCCCO1)(OC)OC. The highest BCUT2D eigenvalue weighted by Crippen LogP contribution is 2.32. The van der Waals surface area contributed by atoms with Crippen LogP contribution in [-0.2, 0) is 18.9 Å². The molecule has 0 saturated carbocycles. The topological polar surface area (TPSA) is 36.9 Å². The van der Waals surface area contributed by atoms with E-state index in [2.05, 4.69) is 0 Å². The summed E-state index contributed by atoms with van der Waals surface area (Å²) in [5.74, 6) is -0.945. The number of hydrogen-bond donors (Lipinski definition) is 0. The van der Waals surface area contributed by atoms with Crippen molar-refractivity contribution in [2.24, 2.45) is 0 Å². The normalized spacial score (nSPS) is 28.2. The van der Waals surface area contributed by atoms with E-state index < -0.39 is 5.97 Å². The molecule has 15 heavy (non-hydrogen) atoms. The second kappa shape index (κ2) is 5.40. The first kappa shape index (κ1) is 13.1. The Morgan fingerprint density at radius 3 is 2.20 bits per heavy atom. The maximum absolute atomic E-state index is 5.85. The molecule has 4 nitrogen and oxygen atoms in total. The van der Waals surface area contributed by atoms with Crippen LogP contribution < -0.4 is 0 Å². The summed E-state index contributed by atoms with van der Waals surface area (Å²) in [6.07, 6.45) is 4.10. The molecule has 1 heterocycles. The van der Waals surface area contributed by atoms with Crippen LogP contribution in [0.4, 0.5) is 0 Å². The molecule has 0 N–H and O–H groups in total. The lowest BCUT2D eigenvalue weighted by Crippen LogP contribution is -2.48. The molecule has 0 amide bonds. The van der Waals surface area contributed by atoms with E-state index in [1.807, 2.05) is 0 Å². The number of ether oxygens (including phenoxy) is 4. The molecule has 0 aromatic rings. The van der Waals surface area contributed by atoms with E-state index >= 15 is 0 Å². The van der Waals surface area contributed by atoms with Gasteiger partial charge in [0, 0.05) is 38.2 Å². The molecule has 0 aromatic heterocycles. The van der Waals surface area contributed by atoms with E-state index in [0.29, 0.717) is 6.42 Å². The predicted molar refractivity (Wildman–Crippen MR) is 60.8 cm³/mol. The van der Waals surface area contributed by atoms with Crippen LogP contribution in [0.25, 0.3) is 0 Å². The fourth-order valence-electron chi connectivity index (χ4n) is 2.06. The highest BCUT2D eigenvalue weighted by atomic mass is 28.1. The van der Waals surface area contributed by atoms with Gasteiger partial charge in [0.1, 0.15) is 0 Å². The Kier molecular flexibility index (Phi) is 4.73. The molecule has 0 radical (unpaired) electrons. The van der Waals surface area contributed by atoms with E-state index in [0.717, 1.165) is 29.7 Å². The zero-order valence-electron chi connectivity index (χ0n) is 10.2. The van der Waals surface area contributed by atoms with Crippen LogP contribution in [0.1, 0.15) is 25.7 Å². The summed E-state index contributed by atoms with van der Waals surface area (Å²) in [6.45, 7) is 0.844. The molecule has 1 atom stereocenters. The lowest BCUT2D eigenvalue weighted by atomic mass is 10.0. The molecular weight excluding hydrogens is 212 g/mol. The zero-order chi connectivity index (χ0) is 11.4. The lowest BCUT2D eigenvalue weighted by Gasteiger charge is -2.40. The third-order valence-electron chi connectivity index (χ3n) is 3.07. The maximum Gasteiger partial charge on any atom is 0.284 e. The average Bonchev–Trinajstić information content (AvgIpc) is 2.27. The molecule has 1 unspecified atom stereocenters. The van der Waals surface area contributed by atoms with Crippen LogP contribution in [0.5, 0.6) is 0 Å². The maximum atomic E-state index is 5.85. The summed E-state index contributed by atoms with van der Waals surface area (Å²) in [6, 6.07) is 0. The van der Waals surface area contributed by atoms with E-state index in [1.165, 1.54) is 6.42 Å². The molecule has 5 heteroatoms. The molecule has 0 bridgehead atoms. The van der Waals surface area contributed by atoms with Crippen LogP contribution >= 0.6 is 0 Å². The summed E-state index contributed by atoms with van der Waals surface area (Å²) < 4.78 is 21.8. The molecule has 1 rings (SSSR count). The Bertz CT molecular complexity index is 180. The van der Waals surface area contributed by atoms with Crippen LogP contribution in [0.15, 0.2) is 0 Å². The van der Waals surface area contributed by atoms with Crippen LogP contribution in [0, 0.1) is 0 Å². The first-order valence-electron chi connectivity index (χ1n) is 5.39. The summed E-state index contributed by atoms with van der Waals surface area (Å²) >= 11 is 0. The van der Waals surface area contributed by atoms with Gasteiger partial charge in [-0.1, -0.05) is 0 Å². The molecule has 90 valence electrons. The Morgan fingerprint density at radius 2 is 1.80 bits per heavy atom. The largest absolute Gasteiger partial charge is 0.379 e. The molecule has 1 fully saturated rings. The van der Waals surface area contributed by atoms with E-state index in [1.54, 1.807) is 21.3 Å². The summed E-state index contributed by atoms with van der Waals surface area (Å²) in [5, 5.41) is -0.0692. The van der Waals surface area contributed by atoms with Crippen molar-refractivity contribution in [1.82, 2.24) is 0 Å². The Balaban J connectivity index is 2.63. The smallest absolute Gasteiger partial charge is 0.284 e. The monoisotopic (exact) mass is 234 g/mol. The van der Waals surface area contributed by atoms with Crippen molar-refractivity contribution in [3.05, 3.63) is 0 Å². The summed E-state index contributed by atoms with van der Waals surface area (Å²) in [4.78, 5) is 0. The van der Waals surface area contributed by atoms with Crippen LogP contribution in [-0.4, -0.2) is 49.4 Å². The zero-order valence-corrected chi connectivity index (χ0v) is 12.2. The van der Waals surface area contributed by atoms with Gasteiger partial charge in [0.05, 0.1) is 11.6 Å². The quantitative estimate of drug-likeness (QED) is 0.504. The molecular formula is C10H22O4Si. The van der Waals surface area contributed by atoms with E-state index in [9.17, 15) is 0 Å². The molecule has 1 aliphatic rings. The lowest BCUT2D eigenvalue weighted by molar-refractivity contribution is -0.366. The van der Waals surface area contributed by atoms with Crippen molar-refractivity contribution in [3.63, 3.8) is 0 Å². The van der Waals surface area contributed by atoms with Gasteiger partial charge in [-0.15, -0.1) is 0 Å². The van der Waals surface area contributed by atoms with Crippen molar-refractivity contribution >= 4 is 10.2 Å². The minimum Gasteiger partial charge on any atom is -0.379 e. The van der Waals surface area contributed by atoms with Gasteiger partial charge in [-0.3, -0.25) is 0 Å². The Morgan fingerprint density at radius 1 is 1.20 bits per heavy atom. The second-order valence-electron chi connectivity index (χ2n) is 4.23. The van der Waals surface area contributed by atoms with Crippen molar-refractivity contribution in [2.45, 2.75) is 36.9 Å². The third-order valence-corrected chi connectivity index (χ3v) is 4.22. The van der Waals surface area contributed by atoms with Gasteiger partial charge >= 0.3 is 0 Å². The predicted octanol–water partition coefficient (Wildman–Crippen LogP) is 0.232. The fraction of sp³-hybridized carbons (Fsp3) is 1.00. The van der Waals surface area contributed by atoms with Gasteiger partial charge in [0.15, 0.2) is 0 Å². The highest BCUT2D eigenvalue weighted by molar-refractivity contribution is 6.14. The van der Waals surface area contributed by atoms with Gasteiger partial charge in [-0.05, 0) is 19.3 Å². The summed E-state index contributed by atoms with van der Waals surface area (Å²) in [5.41, 5.74) is 0. The number of methoxy groups -OCH3 is 3. The van der Waals surface area contributed by atoms with E-state index in [4.69, 9.17) is 18.9 Å². The number of hydrogen-bond acceptors (Lipinski definition) is 4. The Labute approximate surface area is 94.6 Å². The highest BCUT2D eigenvalue weighted by Gasteiger charge is 2.41. The minimum absolute atomic E-state index is 0.0692. The van der Waals surface area contributed by atoms with Crippen LogP contribution in [0.3, 0.4) is 0 Å². The molecule has 0 aliphatic carbocycles. The molecule has 1 aliphatic heterocycles. The first-order chi connectivity index (χ1) is 7.10.